The van der Waals surface area contributed by atoms with Crippen molar-refractivity contribution in [1.82, 2.24) is 9.80 Å². The Labute approximate surface area is 146 Å². The van der Waals surface area contributed by atoms with Crippen molar-refractivity contribution in [2.24, 2.45) is 0 Å². The van der Waals surface area contributed by atoms with Gasteiger partial charge in [-0.25, -0.2) is 8.42 Å². The summed E-state index contributed by atoms with van der Waals surface area (Å²) in [7, 11) is -3.38. The number of rotatable bonds is 4. The second kappa shape index (κ2) is 7.50. The number of carbonyl (C=O) groups excluding carboxylic acids is 2. The Kier molecular flexibility index (Phi) is 5.84. The molecular weight excluding hydrogens is 354 g/mol. The van der Waals surface area contributed by atoms with Gasteiger partial charge in [-0.1, -0.05) is 11.6 Å². The van der Waals surface area contributed by atoms with Gasteiger partial charge in [-0.05, 0) is 18.2 Å². The number of hydrogen-bond donors (Lipinski definition) is 1. The van der Waals surface area contributed by atoms with Crippen LogP contribution in [0.3, 0.4) is 0 Å². The molecule has 1 aliphatic rings. The molecular formula is C15H20ClN3O4S. The quantitative estimate of drug-likeness (QED) is 0.845. The monoisotopic (exact) mass is 373 g/mol. The van der Waals surface area contributed by atoms with Gasteiger partial charge in [0.1, 0.15) is 0 Å². The smallest absolute Gasteiger partial charge is 0.238 e. The minimum Gasteiger partial charge on any atom is -0.340 e. The van der Waals surface area contributed by atoms with E-state index >= 15 is 0 Å². The van der Waals surface area contributed by atoms with Crippen molar-refractivity contribution in [3.8, 4) is 0 Å². The van der Waals surface area contributed by atoms with Crippen LogP contribution in [0.2, 0.25) is 5.02 Å². The lowest BCUT2D eigenvalue weighted by molar-refractivity contribution is -0.130. The highest BCUT2D eigenvalue weighted by Crippen LogP contribution is 2.25. The standard InChI is InChI=1S/C15H20ClN3O4S/c1-11(20)19-7-5-18(6-8-19)10-15(21)17-14-9-12(24(2,22)23)3-4-13(14)16/h3-4,9H,5-8,10H2,1-2H3,(H,17,21). The summed E-state index contributed by atoms with van der Waals surface area (Å²) < 4.78 is 23.2. The maximum atomic E-state index is 12.2. The molecule has 0 saturated carbocycles. The average molecular weight is 374 g/mol. The van der Waals surface area contributed by atoms with Crippen LogP contribution in [0.25, 0.3) is 0 Å². The van der Waals surface area contributed by atoms with Gasteiger partial charge in [0.25, 0.3) is 0 Å². The molecule has 0 aromatic heterocycles. The van der Waals surface area contributed by atoms with Crippen LogP contribution >= 0.6 is 11.6 Å². The SMILES string of the molecule is CC(=O)N1CCN(CC(=O)Nc2cc(S(C)(=O)=O)ccc2Cl)CC1. The fraction of sp³-hybridized carbons (Fsp3) is 0.467. The van der Waals surface area contributed by atoms with Crippen molar-refractivity contribution in [3.05, 3.63) is 23.2 Å². The lowest BCUT2D eigenvalue weighted by atomic mass is 10.3. The van der Waals surface area contributed by atoms with Gasteiger partial charge in [0.15, 0.2) is 9.84 Å². The van der Waals surface area contributed by atoms with E-state index in [2.05, 4.69) is 5.32 Å². The van der Waals surface area contributed by atoms with E-state index in [9.17, 15) is 18.0 Å². The van der Waals surface area contributed by atoms with Crippen LogP contribution in [-0.4, -0.2) is 69.0 Å². The largest absolute Gasteiger partial charge is 0.340 e. The molecule has 132 valence electrons. The van der Waals surface area contributed by atoms with E-state index in [0.717, 1.165) is 6.26 Å². The maximum Gasteiger partial charge on any atom is 0.238 e. The third-order valence-electron chi connectivity index (χ3n) is 3.82. The van der Waals surface area contributed by atoms with E-state index < -0.39 is 9.84 Å². The highest BCUT2D eigenvalue weighted by molar-refractivity contribution is 7.90. The summed E-state index contributed by atoms with van der Waals surface area (Å²) in [6, 6.07) is 4.19. The van der Waals surface area contributed by atoms with Crippen molar-refractivity contribution in [2.45, 2.75) is 11.8 Å². The molecule has 24 heavy (non-hydrogen) atoms. The number of carbonyl (C=O) groups is 2. The fourth-order valence-electron chi connectivity index (χ4n) is 2.44. The van der Waals surface area contributed by atoms with E-state index in [-0.39, 0.29) is 34.0 Å². The van der Waals surface area contributed by atoms with Gasteiger partial charge in [0, 0.05) is 39.4 Å². The third kappa shape index (κ3) is 4.93. The van der Waals surface area contributed by atoms with Crippen LogP contribution < -0.4 is 5.32 Å². The van der Waals surface area contributed by atoms with Crippen molar-refractivity contribution >= 4 is 38.9 Å². The molecule has 9 heteroatoms. The molecule has 0 atom stereocenters. The molecule has 2 amide bonds. The first-order valence-corrected chi connectivity index (χ1v) is 9.71. The number of nitrogens with zero attached hydrogens (tertiary/aromatic N) is 2. The summed E-state index contributed by atoms with van der Waals surface area (Å²) in [5.74, 6) is -0.248. The number of nitrogens with one attached hydrogen (secondary N) is 1. The van der Waals surface area contributed by atoms with Gasteiger partial charge in [-0.3, -0.25) is 14.5 Å². The Morgan fingerprint density at radius 3 is 2.38 bits per heavy atom. The molecule has 0 unspecified atom stereocenters. The minimum absolute atomic E-state index is 0.0310. The zero-order valence-corrected chi connectivity index (χ0v) is 15.2. The normalized spacial score (nSPS) is 16.0. The summed E-state index contributed by atoms with van der Waals surface area (Å²) in [5.41, 5.74) is 0.270. The second-order valence-corrected chi connectivity index (χ2v) is 8.17. The predicted molar refractivity (Wildman–Crippen MR) is 91.9 cm³/mol. The number of sulfone groups is 1. The van der Waals surface area contributed by atoms with Gasteiger partial charge in [0.2, 0.25) is 11.8 Å². The van der Waals surface area contributed by atoms with Crippen LogP contribution in [0.4, 0.5) is 5.69 Å². The van der Waals surface area contributed by atoms with Crippen LogP contribution in [-0.2, 0) is 19.4 Å². The Balaban J connectivity index is 1.97. The molecule has 1 aliphatic heterocycles. The molecule has 1 saturated heterocycles. The number of amides is 2. The maximum absolute atomic E-state index is 12.2. The summed E-state index contributed by atoms with van der Waals surface area (Å²) in [4.78, 5) is 27.2. The summed E-state index contributed by atoms with van der Waals surface area (Å²) in [6.45, 7) is 4.10. The van der Waals surface area contributed by atoms with E-state index in [0.29, 0.717) is 26.2 Å². The number of hydrogen-bond acceptors (Lipinski definition) is 5. The Hall–Kier alpha value is -1.64. The first-order chi connectivity index (χ1) is 11.2. The Morgan fingerprint density at radius 1 is 1.21 bits per heavy atom. The van der Waals surface area contributed by atoms with Crippen LogP contribution in [0, 0.1) is 0 Å². The number of halogens is 1. The molecule has 0 aliphatic carbocycles. The summed E-state index contributed by atoms with van der Waals surface area (Å²) in [5, 5.41) is 2.92. The molecule has 1 fully saturated rings. The lowest BCUT2D eigenvalue weighted by Crippen LogP contribution is -2.49. The van der Waals surface area contributed by atoms with Gasteiger partial charge in [-0.2, -0.15) is 0 Å². The number of benzene rings is 1. The highest BCUT2D eigenvalue weighted by Gasteiger charge is 2.20. The van der Waals surface area contributed by atoms with E-state index in [1.807, 2.05) is 4.90 Å². The topological polar surface area (TPSA) is 86.8 Å². The Bertz CT molecular complexity index is 743. The van der Waals surface area contributed by atoms with Gasteiger partial charge in [-0.15, -0.1) is 0 Å². The molecule has 0 spiro atoms. The predicted octanol–water partition coefficient (Wildman–Crippen LogP) is 0.846. The molecule has 1 heterocycles. The van der Waals surface area contributed by atoms with E-state index in [4.69, 9.17) is 11.6 Å². The average Bonchev–Trinajstić information content (AvgIpc) is 2.48. The summed E-state index contributed by atoms with van der Waals surface area (Å²) in [6.07, 6.45) is 1.09. The first-order valence-electron chi connectivity index (χ1n) is 7.44. The van der Waals surface area contributed by atoms with Crippen molar-refractivity contribution < 1.29 is 18.0 Å². The Morgan fingerprint density at radius 2 is 1.83 bits per heavy atom. The third-order valence-corrected chi connectivity index (χ3v) is 5.26. The van der Waals surface area contributed by atoms with Crippen molar-refractivity contribution in [3.63, 3.8) is 0 Å². The molecule has 1 aromatic carbocycles. The van der Waals surface area contributed by atoms with Gasteiger partial charge in [0.05, 0.1) is 22.2 Å². The van der Waals surface area contributed by atoms with Crippen molar-refractivity contribution in [2.75, 3.05) is 44.3 Å². The highest BCUT2D eigenvalue weighted by atomic mass is 35.5. The zero-order valence-electron chi connectivity index (χ0n) is 13.6. The minimum atomic E-state index is -3.38. The number of anilines is 1. The molecule has 0 radical (unpaired) electrons. The van der Waals surface area contributed by atoms with Crippen LogP contribution in [0.15, 0.2) is 23.1 Å². The molecule has 1 N–H and O–H groups in total. The van der Waals surface area contributed by atoms with Gasteiger partial charge >= 0.3 is 0 Å². The lowest BCUT2D eigenvalue weighted by Gasteiger charge is -2.33. The van der Waals surface area contributed by atoms with Crippen molar-refractivity contribution in [1.29, 1.82) is 0 Å². The van der Waals surface area contributed by atoms with Crippen LogP contribution in [0.1, 0.15) is 6.92 Å². The number of piperazine rings is 1. The molecule has 2 rings (SSSR count). The van der Waals surface area contributed by atoms with Gasteiger partial charge < -0.3 is 10.2 Å². The van der Waals surface area contributed by atoms with Crippen LogP contribution in [0.5, 0.6) is 0 Å². The fourth-order valence-corrected chi connectivity index (χ4v) is 3.26. The molecule has 7 nitrogen and oxygen atoms in total. The van der Waals surface area contributed by atoms with E-state index in [1.165, 1.54) is 25.1 Å². The summed E-state index contributed by atoms with van der Waals surface area (Å²) >= 11 is 6.02. The molecule has 0 bridgehead atoms. The second-order valence-electron chi connectivity index (χ2n) is 5.74. The van der Waals surface area contributed by atoms with E-state index in [1.54, 1.807) is 4.90 Å². The zero-order chi connectivity index (χ0) is 17.9. The first kappa shape index (κ1) is 18.7. The molecule has 1 aromatic rings.